The topological polar surface area (TPSA) is 98.6 Å². The molecule has 3 aromatic heterocycles. The number of halogens is 2. The molecule has 36 heavy (non-hydrogen) atoms. The number of benzene rings is 1. The lowest BCUT2D eigenvalue weighted by Gasteiger charge is -2.27. The van der Waals surface area contributed by atoms with Crippen molar-refractivity contribution in [1.82, 2.24) is 25.1 Å². The van der Waals surface area contributed by atoms with Gasteiger partial charge in [-0.3, -0.25) is 4.98 Å². The van der Waals surface area contributed by atoms with Gasteiger partial charge in [-0.15, -0.1) is 5.10 Å². The second-order valence-corrected chi connectivity index (χ2v) is 11.7. The zero-order chi connectivity index (χ0) is 25.1. The van der Waals surface area contributed by atoms with Gasteiger partial charge in [-0.25, -0.2) is 27.2 Å². The van der Waals surface area contributed by atoms with Crippen LogP contribution in [-0.2, 0) is 21.0 Å². The number of aromatic nitrogens is 5. The van der Waals surface area contributed by atoms with Crippen LogP contribution in [0.1, 0.15) is 48.0 Å². The first-order valence-electron chi connectivity index (χ1n) is 11.5. The molecule has 6 rings (SSSR count). The Labute approximate surface area is 206 Å². The number of hydrogen-bond acceptors (Lipinski definition) is 7. The zero-order valence-electron chi connectivity index (χ0n) is 19.3. The smallest absolute Gasteiger partial charge is 0.154 e. The number of nitrogens with zero attached hydrogens (tertiary/aromatic N) is 5. The summed E-state index contributed by atoms with van der Waals surface area (Å²) in [6.07, 6.45) is 6.88. The highest BCUT2D eigenvalue weighted by atomic mass is 32.2. The summed E-state index contributed by atoms with van der Waals surface area (Å²) in [4.78, 5) is 13.3. The van der Waals surface area contributed by atoms with Crippen molar-refractivity contribution in [3.05, 3.63) is 89.3 Å². The summed E-state index contributed by atoms with van der Waals surface area (Å²) >= 11 is 0. The normalized spacial score (nSPS) is 20.5. The number of hydrogen-bond donors (Lipinski definition) is 0. The molecule has 1 saturated carbocycles. The maximum atomic E-state index is 14.4. The highest BCUT2D eigenvalue weighted by Gasteiger charge is 2.53. The molecule has 0 saturated heterocycles. The summed E-state index contributed by atoms with van der Waals surface area (Å²) in [5.41, 5.74) is 3.58. The van der Waals surface area contributed by atoms with Gasteiger partial charge in [0.2, 0.25) is 0 Å². The van der Waals surface area contributed by atoms with Gasteiger partial charge in [0.15, 0.2) is 9.84 Å². The van der Waals surface area contributed by atoms with E-state index >= 15 is 0 Å². The van der Waals surface area contributed by atoms with Crippen LogP contribution in [0.2, 0.25) is 0 Å². The SMILES string of the molecule is CS(=O)(=O)Cc1ncc(-c2cccc([C@]34CCC(C3)c3cc(-c5c(F)cccc5F)nnc34)n2)cn1. The number of sulfone groups is 1. The lowest BCUT2D eigenvalue weighted by molar-refractivity contribution is 0.510. The first-order valence-corrected chi connectivity index (χ1v) is 13.6. The predicted molar refractivity (Wildman–Crippen MR) is 129 cm³/mol. The Bertz CT molecular complexity index is 1590. The van der Waals surface area contributed by atoms with Crippen molar-refractivity contribution >= 4 is 9.84 Å². The minimum atomic E-state index is -3.23. The summed E-state index contributed by atoms with van der Waals surface area (Å²) in [5, 5.41) is 8.72. The molecule has 0 radical (unpaired) electrons. The van der Waals surface area contributed by atoms with E-state index in [2.05, 4.69) is 20.2 Å². The Morgan fingerprint density at radius 1 is 1.00 bits per heavy atom. The number of pyridine rings is 1. The van der Waals surface area contributed by atoms with Gasteiger partial charge in [-0.05, 0) is 61.1 Å². The number of fused-ring (bicyclic) bond motifs is 5. The zero-order valence-corrected chi connectivity index (χ0v) is 20.1. The van der Waals surface area contributed by atoms with Crippen molar-refractivity contribution in [2.75, 3.05) is 6.26 Å². The molecule has 10 heteroatoms. The van der Waals surface area contributed by atoms with Gasteiger partial charge in [0.05, 0.1) is 33.8 Å². The molecule has 7 nitrogen and oxygen atoms in total. The Morgan fingerprint density at radius 2 is 1.72 bits per heavy atom. The first kappa shape index (κ1) is 22.8. The third-order valence-corrected chi connectivity index (χ3v) is 7.86. The molecule has 0 spiro atoms. The van der Waals surface area contributed by atoms with E-state index in [9.17, 15) is 17.2 Å². The van der Waals surface area contributed by atoms with E-state index < -0.39 is 26.9 Å². The second-order valence-electron chi connectivity index (χ2n) is 9.52. The van der Waals surface area contributed by atoms with Crippen LogP contribution in [0.4, 0.5) is 8.78 Å². The van der Waals surface area contributed by atoms with Gasteiger partial charge in [-0.2, -0.15) is 5.10 Å². The summed E-state index contributed by atoms with van der Waals surface area (Å²) in [6.45, 7) is 0. The average Bonchev–Trinajstić information content (AvgIpc) is 3.43. The third kappa shape index (κ3) is 3.76. The number of rotatable bonds is 5. The van der Waals surface area contributed by atoms with Gasteiger partial charge in [0, 0.05) is 24.2 Å². The monoisotopic (exact) mass is 505 g/mol. The standard InChI is InChI=1S/C26H21F2N5O2S/c1-36(34,35)14-23-29-12-16(13-30-23)20-6-3-7-22(31-20)26-9-8-15(11-26)17-10-21(32-33-25(17)26)24-18(27)4-2-5-19(24)28/h2-7,10,12-13,15H,8-9,11,14H2,1H3/t15?,26-/m0/s1. The molecule has 182 valence electrons. The fourth-order valence-corrected chi connectivity index (χ4v) is 6.11. The Morgan fingerprint density at radius 3 is 2.44 bits per heavy atom. The van der Waals surface area contributed by atoms with Crippen LogP contribution in [0.3, 0.4) is 0 Å². The fraction of sp³-hybridized carbons (Fsp3) is 0.269. The van der Waals surface area contributed by atoms with Crippen LogP contribution in [0.25, 0.3) is 22.5 Å². The molecule has 2 bridgehead atoms. The Balaban J connectivity index is 1.37. The highest BCUT2D eigenvalue weighted by Crippen LogP contribution is 2.59. The highest BCUT2D eigenvalue weighted by molar-refractivity contribution is 7.89. The third-order valence-electron chi connectivity index (χ3n) is 7.08. The van der Waals surface area contributed by atoms with Crippen molar-refractivity contribution < 1.29 is 17.2 Å². The lowest BCUT2D eigenvalue weighted by Crippen LogP contribution is -2.26. The molecule has 3 heterocycles. The Kier molecular flexibility index (Phi) is 5.18. The van der Waals surface area contributed by atoms with Crippen molar-refractivity contribution in [2.45, 2.75) is 36.3 Å². The summed E-state index contributed by atoms with van der Waals surface area (Å²) in [6, 6.07) is 11.3. The summed E-state index contributed by atoms with van der Waals surface area (Å²) < 4.78 is 51.8. The second kappa shape index (κ2) is 8.19. The van der Waals surface area contributed by atoms with Crippen molar-refractivity contribution in [3.8, 4) is 22.5 Å². The molecular formula is C26H21F2N5O2S. The molecule has 0 N–H and O–H groups in total. The molecule has 2 aliphatic carbocycles. The molecular weight excluding hydrogens is 484 g/mol. The molecule has 1 unspecified atom stereocenters. The quantitative estimate of drug-likeness (QED) is 0.397. The molecule has 1 aromatic carbocycles. The van der Waals surface area contributed by atoms with E-state index in [1.54, 1.807) is 18.5 Å². The lowest BCUT2D eigenvalue weighted by atomic mass is 9.79. The van der Waals surface area contributed by atoms with Crippen molar-refractivity contribution in [1.29, 1.82) is 0 Å². The summed E-state index contributed by atoms with van der Waals surface area (Å²) in [7, 11) is -3.23. The minimum absolute atomic E-state index is 0.163. The molecule has 4 aromatic rings. The van der Waals surface area contributed by atoms with E-state index in [0.29, 0.717) is 11.3 Å². The van der Waals surface area contributed by atoms with Gasteiger partial charge < -0.3 is 0 Å². The molecule has 2 atom stereocenters. The van der Waals surface area contributed by atoms with E-state index in [4.69, 9.17) is 4.98 Å². The van der Waals surface area contributed by atoms with E-state index in [1.807, 2.05) is 18.2 Å². The molecule has 1 fully saturated rings. The first-order chi connectivity index (χ1) is 17.2. The van der Waals surface area contributed by atoms with E-state index in [0.717, 1.165) is 42.5 Å². The molecule has 0 amide bonds. The molecule has 2 aliphatic rings. The van der Waals surface area contributed by atoms with Crippen LogP contribution in [0.5, 0.6) is 0 Å². The largest absolute Gasteiger partial charge is 0.252 e. The molecule has 0 aliphatic heterocycles. The predicted octanol–water partition coefficient (Wildman–Crippen LogP) is 4.39. The van der Waals surface area contributed by atoms with Gasteiger partial charge in [0.25, 0.3) is 0 Å². The average molecular weight is 506 g/mol. The maximum absolute atomic E-state index is 14.4. The van der Waals surface area contributed by atoms with Gasteiger partial charge in [0.1, 0.15) is 23.2 Å². The van der Waals surface area contributed by atoms with Crippen LogP contribution < -0.4 is 0 Å². The van der Waals surface area contributed by atoms with Gasteiger partial charge in [-0.1, -0.05) is 12.1 Å². The minimum Gasteiger partial charge on any atom is -0.252 e. The summed E-state index contributed by atoms with van der Waals surface area (Å²) in [5.74, 6) is -1.10. The van der Waals surface area contributed by atoms with E-state index in [1.165, 1.54) is 18.2 Å². The Hall–Kier alpha value is -3.66. The van der Waals surface area contributed by atoms with Crippen LogP contribution >= 0.6 is 0 Å². The van der Waals surface area contributed by atoms with Crippen LogP contribution in [0, 0.1) is 11.6 Å². The fourth-order valence-electron chi connectivity index (χ4n) is 5.49. The van der Waals surface area contributed by atoms with Crippen molar-refractivity contribution in [3.63, 3.8) is 0 Å². The maximum Gasteiger partial charge on any atom is 0.154 e. The van der Waals surface area contributed by atoms with Crippen molar-refractivity contribution in [2.24, 2.45) is 0 Å². The van der Waals surface area contributed by atoms with Gasteiger partial charge >= 0.3 is 0 Å². The van der Waals surface area contributed by atoms with E-state index in [-0.39, 0.29) is 28.8 Å². The van der Waals surface area contributed by atoms with Crippen LogP contribution in [-0.4, -0.2) is 39.8 Å². The van der Waals surface area contributed by atoms with Crippen LogP contribution in [0.15, 0.2) is 54.9 Å².